The van der Waals surface area contributed by atoms with Gasteiger partial charge in [0.15, 0.2) is 0 Å². The van der Waals surface area contributed by atoms with Crippen molar-refractivity contribution in [2.24, 2.45) is 11.7 Å². The van der Waals surface area contributed by atoms with Crippen molar-refractivity contribution in [3.05, 3.63) is 18.0 Å². The van der Waals surface area contributed by atoms with Gasteiger partial charge in [0.2, 0.25) is 15.9 Å². The van der Waals surface area contributed by atoms with Crippen LogP contribution in [-0.2, 0) is 20.6 Å². The smallest absolute Gasteiger partial charge is 0.225 e. The van der Waals surface area contributed by atoms with E-state index in [1.54, 1.807) is 11.0 Å². The Bertz CT molecular complexity index is 653. The summed E-state index contributed by atoms with van der Waals surface area (Å²) in [7, 11) is -3.44. The molecule has 0 spiro atoms. The highest BCUT2D eigenvalue weighted by molar-refractivity contribution is 7.88. The fraction of sp³-hybridized carbons (Fsp3) is 0.733. The number of nitrogens with zero attached hydrogens (tertiary/aromatic N) is 3. The molecular formula is C15H24N4O4S. The zero-order chi connectivity index (χ0) is 17.2. The molecule has 0 bridgehead atoms. The number of piperazine rings is 1. The summed E-state index contributed by atoms with van der Waals surface area (Å²) in [6.45, 7) is 1.51. The van der Waals surface area contributed by atoms with Crippen molar-refractivity contribution in [2.75, 3.05) is 26.2 Å². The molecular weight excluding hydrogens is 332 g/mol. The fourth-order valence-corrected chi connectivity index (χ4v) is 4.91. The monoisotopic (exact) mass is 356 g/mol. The van der Waals surface area contributed by atoms with Gasteiger partial charge in [-0.05, 0) is 19.3 Å². The predicted molar refractivity (Wildman–Crippen MR) is 87.2 cm³/mol. The van der Waals surface area contributed by atoms with E-state index >= 15 is 0 Å². The molecule has 2 heterocycles. The molecule has 2 unspecified atom stereocenters. The number of carbonyl (C=O) groups excluding carboxylic acids is 1. The van der Waals surface area contributed by atoms with Gasteiger partial charge in [0.25, 0.3) is 0 Å². The second-order valence-corrected chi connectivity index (χ2v) is 8.56. The quantitative estimate of drug-likeness (QED) is 0.823. The lowest BCUT2D eigenvalue weighted by Crippen LogP contribution is -2.52. The zero-order valence-electron chi connectivity index (χ0n) is 13.6. The van der Waals surface area contributed by atoms with Crippen molar-refractivity contribution in [3.8, 4) is 0 Å². The molecule has 1 aliphatic carbocycles. The summed E-state index contributed by atoms with van der Waals surface area (Å²) in [5, 5.41) is 3.65. The Morgan fingerprint density at radius 2 is 2.04 bits per heavy atom. The summed E-state index contributed by atoms with van der Waals surface area (Å²) >= 11 is 0. The fourth-order valence-electron chi connectivity index (χ4n) is 3.49. The van der Waals surface area contributed by atoms with Crippen LogP contribution in [0.15, 0.2) is 16.9 Å². The Kier molecular flexibility index (Phi) is 5.21. The highest BCUT2D eigenvalue weighted by Crippen LogP contribution is 2.25. The molecule has 1 aromatic rings. The number of carbonyl (C=O) groups is 1. The van der Waals surface area contributed by atoms with Crippen molar-refractivity contribution >= 4 is 15.9 Å². The van der Waals surface area contributed by atoms with Crippen LogP contribution < -0.4 is 5.73 Å². The highest BCUT2D eigenvalue weighted by atomic mass is 32.2. The van der Waals surface area contributed by atoms with E-state index in [0.29, 0.717) is 31.9 Å². The van der Waals surface area contributed by atoms with Crippen molar-refractivity contribution in [1.82, 2.24) is 14.4 Å². The molecule has 2 N–H and O–H groups in total. The molecule has 1 aliphatic heterocycles. The maximum Gasteiger partial charge on any atom is 0.225 e. The molecule has 2 fully saturated rings. The normalized spacial score (nSPS) is 26.5. The van der Waals surface area contributed by atoms with Crippen LogP contribution >= 0.6 is 0 Å². The van der Waals surface area contributed by atoms with E-state index in [0.717, 1.165) is 25.7 Å². The summed E-state index contributed by atoms with van der Waals surface area (Å²) in [5.74, 6) is -0.0553. The van der Waals surface area contributed by atoms with Gasteiger partial charge in [0, 0.05) is 44.2 Å². The van der Waals surface area contributed by atoms with Crippen LogP contribution in [0.5, 0.6) is 0 Å². The van der Waals surface area contributed by atoms with E-state index in [-0.39, 0.29) is 23.6 Å². The first-order valence-corrected chi connectivity index (χ1v) is 9.98. The Labute approximate surface area is 142 Å². The Morgan fingerprint density at radius 3 is 2.67 bits per heavy atom. The molecule has 3 rings (SSSR count). The first-order chi connectivity index (χ1) is 11.5. The van der Waals surface area contributed by atoms with Gasteiger partial charge in [-0.1, -0.05) is 11.6 Å². The Morgan fingerprint density at radius 1 is 1.29 bits per heavy atom. The van der Waals surface area contributed by atoms with Crippen molar-refractivity contribution in [1.29, 1.82) is 0 Å². The third kappa shape index (κ3) is 3.96. The number of aromatic nitrogens is 1. The Hall–Kier alpha value is -1.45. The van der Waals surface area contributed by atoms with Crippen LogP contribution in [0.2, 0.25) is 0 Å². The van der Waals surface area contributed by atoms with Gasteiger partial charge in [0.05, 0.1) is 5.69 Å². The molecule has 0 radical (unpaired) electrons. The molecule has 1 saturated heterocycles. The summed E-state index contributed by atoms with van der Waals surface area (Å²) < 4.78 is 30.9. The third-order valence-electron chi connectivity index (χ3n) is 4.83. The maximum atomic E-state index is 12.6. The highest BCUT2D eigenvalue weighted by Gasteiger charge is 2.33. The summed E-state index contributed by atoms with van der Waals surface area (Å²) in [5.41, 5.74) is 6.36. The van der Waals surface area contributed by atoms with Crippen LogP contribution in [0.4, 0.5) is 0 Å². The van der Waals surface area contributed by atoms with Gasteiger partial charge in [0.1, 0.15) is 12.0 Å². The van der Waals surface area contributed by atoms with Gasteiger partial charge < -0.3 is 15.2 Å². The number of amides is 1. The van der Waals surface area contributed by atoms with Gasteiger partial charge in [-0.15, -0.1) is 0 Å². The number of nitrogens with two attached hydrogens (primary N) is 1. The SMILES string of the molecule is NC1CCCC(C(=O)N2CCN(S(=O)(=O)Cc3ccon3)CC2)C1. The van der Waals surface area contributed by atoms with Crippen molar-refractivity contribution in [2.45, 2.75) is 37.5 Å². The van der Waals surface area contributed by atoms with Crippen molar-refractivity contribution < 1.29 is 17.7 Å². The average Bonchev–Trinajstić information content (AvgIpc) is 3.06. The van der Waals surface area contributed by atoms with Crippen LogP contribution in [0.25, 0.3) is 0 Å². The van der Waals surface area contributed by atoms with E-state index in [4.69, 9.17) is 5.73 Å². The summed E-state index contributed by atoms with van der Waals surface area (Å²) in [4.78, 5) is 14.4. The molecule has 1 saturated carbocycles. The number of rotatable bonds is 4. The van der Waals surface area contributed by atoms with Crippen LogP contribution in [0, 0.1) is 5.92 Å². The van der Waals surface area contributed by atoms with Crippen LogP contribution in [-0.4, -0.2) is 60.9 Å². The van der Waals surface area contributed by atoms with Gasteiger partial charge >= 0.3 is 0 Å². The molecule has 134 valence electrons. The van der Waals surface area contributed by atoms with E-state index in [2.05, 4.69) is 9.68 Å². The minimum absolute atomic E-state index is 0.00737. The van der Waals surface area contributed by atoms with E-state index in [1.807, 2.05) is 0 Å². The lowest BCUT2D eigenvalue weighted by Gasteiger charge is -2.37. The molecule has 1 aromatic heterocycles. The minimum atomic E-state index is -3.44. The first kappa shape index (κ1) is 17.4. The van der Waals surface area contributed by atoms with Gasteiger partial charge in [-0.3, -0.25) is 4.79 Å². The average molecular weight is 356 g/mol. The van der Waals surface area contributed by atoms with E-state index in [9.17, 15) is 13.2 Å². The lowest BCUT2D eigenvalue weighted by atomic mass is 9.85. The number of hydrogen-bond donors (Lipinski definition) is 1. The van der Waals surface area contributed by atoms with E-state index < -0.39 is 10.0 Å². The largest absolute Gasteiger partial charge is 0.364 e. The second-order valence-electron chi connectivity index (χ2n) is 6.59. The zero-order valence-corrected chi connectivity index (χ0v) is 14.5. The topological polar surface area (TPSA) is 110 Å². The van der Waals surface area contributed by atoms with Gasteiger partial charge in [-0.2, -0.15) is 4.31 Å². The molecule has 0 aromatic carbocycles. The van der Waals surface area contributed by atoms with Gasteiger partial charge in [-0.25, -0.2) is 8.42 Å². The standard InChI is InChI=1S/C15H24N4O4S/c16-13-3-1-2-12(10-13)15(20)18-5-7-19(8-6-18)24(21,22)11-14-4-9-23-17-14/h4,9,12-13H,1-3,5-8,10-11,16H2. The maximum absolute atomic E-state index is 12.6. The predicted octanol–water partition coefficient (Wildman–Crippen LogP) is 0.166. The first-order valence-electron chi connectivity index (χ1n) is 8.37. The van der Waals surface area contributed by atoms with Crippen molar-refractivity contribution in [3.63, 3.8) is 0 Å². The molecule has 9 heteroatoms. The number of hydrogen-bond acceptors (Lipinski definition) is 6. The molecule has 24 heavy (non-hydrogen) atoms. The molecule has 2 atom stereocenters. The summed E-state index contributed by atoms with van der Waals surface area (Å²) in [6.07, 6.45) is 4.96. The Balaban J connectivity index is 1.54. The van der Waals surface area contributed by atoms with Crippen LogP contribution in [0.3, 0.4) is 0 Å². The minimum Gasteiger partial charge on any atom is -0.364 e. The van der Waals surface area contributed by atoms with Crippen LogP contribution in [0.1, 0.15) is 31.4 Å². The molecule has 8 nitrogen and oxygen atoms in total. The third-order valence-corrected chi connectivity index (χ3v) is 6.64. The van der Waals surface area contributed by atoms with E-state index in [1.165, 1.54) is 10.6 Å². The molecule has 1 amide bonds. The lowest BCUT2D eigenvalue weighted by molar-refractivity contribution is -0.137. The second kappa shape index (κ2) is 7.20. The molecule has 2 aliphatic rings. The summed E-state index contributed by atoms with van der Waals surface area (Å²) in [6, 6.07) is 1.65. The number of sulfonamides is 1.